The summed E-state index contributed by atoms with van der Waals surface area (Å²) in [5.74, 6) is 0.750. The lowest BCUT2D eigenvalue weighted by Gasteiger charge is -2.11. The molecule has 0 saturated heterocycles. The monoisotopic (exact) mass is 387 g/mol. The second-order valence-corrected chi connectivity index (χ2v) is 9.53. The first-order chi connectivity index (χ1) is 13.5. The van der Waals surface area contributed by atoms with Gasteiger partial charge in [-0.2, -0.15) is 0 Å². The standard InChI is InChI=1S/C25H27N2S/c1-15-11-16(2)17(3)21(12-15)24-25-23(26-14-27(24)4)20-10-9-19(13-22(20)28-25)18-7-5-6-8-18/h9-14,18H,5-8H2,1-4H3/q+1. The van der Waals surface area contributed by atoms with E-state index in [9.17, 15) is 0 Å². The van der Waals surface area contributed by atoms with E-state index in [1.54, 1.807) is 0 Å². The molecule has 1 fully saturated rings. The van der Waals surface area contributed by atoms with Gasteiger partial charge in [0, 0.05) is 15.6 Å². The summed E-state index contributed by atoms with van der Waals surface area (Å²) in [4.78, 5) is 4.83. The van der Waals surface area contributed by atoms with E-state index in [1.807, 2.05) is 17.7 Å². The molecule has 0 aliphatic heterocycles. The Kier molecular flexibility index (Phi) is 4.24. The van der Waals surface area contributed by atoms with Crippen molar-refractivity contribution in [1.82, 2.24) is 4.98 Å². The zero-order chi connectivity index (χ0) is 19.4. The molecule has 2 nitrogen and oxygen atoms in total. The fourth-order valence-corrected chi connectivity index (χ4v) is 6.16. The number of nitrogens with zero attached hydrogens (tertiary/aromatic N) is 2. The summed E-state index contributed by atoms with van der Waals surface area (Å²) in [6, 6.07) is 11.7. The molecule has 4 aromatic rings. The van der Waals surface area contributed by atoms with Crippen molar-refractivity contribution in [3.8, 4) is 11.3 Å². The van der Waals surface area contributed by atoms with E-state index in [2.05, 4.69) is 62.7 Å². The first kappa shape index (κ1) is 17.8. The summed E-state index contributed by atoms with van der Waals surface area (Å²) in [7, 11) is 2.12. The van der Waals surface area contributed by atoms with E-state index in [0.29, 0.717) is 0 Å². The largest absolute Gasteiger partial charge is 0.287 e. The van der Waals surface area contributed by atoms with Crippen LogP contribution in [0, 0.1) is 20.8 Å². The molecule has 0 radical (unpaired) electrons. The average Bonchev–Trinajstić information content (AvgIpc) is 3.32. The van der Waals surface area contributed by atoms with Crippen molar-refractivity contribution in [1.29, 1.82) is 0 Å². The molecule has 3 heteroatoms. The van der Waals surface area contributed by atoms with Gasteiger partial charge in [-0.3, -0.25) is 0 Å². The molecular formula is C25H27N2S+. The summed E-state index contributed by atoms with van der Waals surface area (Å²) < 4.78 is 4.87. The molecule has 0 spiro atoms. The highest BCUT2D eigenvalue weighted by Gasteiger charge is 2.23. The molecule has 0 N–H and O–H groups in total. The van der Waals surface area contributed by atoms with E-state index in [-0.39, 0.29) is 0 Å². The molecule has 1 saturated carbocycles. The van der Waals surface area contributed by atoms with E-state index in [4.69, 9.17) is 4.98 Å². The number of hydrogen-bond acceptors (Lipinski definition) is 2. The molecule has 2 heterocycles. The van der Waals surface area contributed by atoms with Crippen LogP contribution in [0.5, 0.6) is 0 Å². The maximum absolute atomic E-state index is 4.83. The van der Waals surface area contributed by atoms with Crippen LogP contribution in [-0.2, 0) is 7.05 Å². The molecule has 0 unspecified atom stereocenters. The lowest BCUT2D eigenvalue weighted by molar-refractivity contribution is -0.662. The molecule has 2 aromatic carbocycles. The van der Waals surface area contributed by atoms with Crippen molar-refractivity contribution < 1.29 is 4.57 Å². The third-order valence-corrected chi connectivity index (χ3v) is 7.66. The first-order valence-electron chi connectivity index (χ1n) is 10.3. The minimum atomic E-state index is 0.750. The predicted octanol–water partition coefficient (Wildman–Crippen LogP) is 6.52. The van der Waals surface area contributed by atoms with Crippen molar-refractivity contribution in [3.05, 3.63) is 58.9 Å². The number of fused-ring (bicyclic) bond motifs is 3. The fraction of sp³-hybridized carbons (Fsp3) is 0.360. The van der Waals surface area contributed by atoms with E-state index < -0.39 is 0 Å². The van der Waals surface area contributed by atoms with Gasteiger partial charge >= 0.3 is 0 Å². The Bertz CT molecular complexity index is 1210. The molecule has 1 aliphatic carbocycles. The van der Waals surface area contributed by atoms with Crippen LogP contribution in [0.3, 0.4) is 0 Å². The minimum Gasteiger partial charge on any atom is -0.231 e. The maximum atomic E-state index is 4.83. The topological polar surface area (TPSA) is 16.8 Å². The van der Waals surface area contributed by atoms with Gasteiger partial charge in [0.1, 0.15) is 4.70 Å². The van der Waals surface area contributed by atoms with Gasteiger partial charge in [0.25, 0.3) is 6.33 Å². The quantitative estimate of drug-likeness (QED) is 0.358. The van der Waals surface area contributed by atoms with E-state index in [1.165, 1.54) is 74.0 Å². The highest BCUT2D eigenvalue weighted by molar-refractivity contribution is 7.26. The van der Waals surface area contributed by atoms with Gasteiger partial charge in [-0.15, -0.1) is 11.3 Å². The summed E-state index contributed by atoms with van der Waals surface area (Å²) in [5, 5.41) is 1.30. The van der Waals surface area contributed by atoms with E-state index in [0.717, 1.165) is 11.4 Å². The Morgan fingerprint density at radius 2 is 1.82 bits per heavy atom. The van der Waals surface area contributed by atoms with Gasteiger partial charge in [0.05, 0.1) is 7.05 Å². The Balaban J connectivity index is 1.78. The lowest BCUT2D eigenvalue weighted by atomic mass is 9.96. The fourth-order valence-electron chi connectivity index (χ4n) is 4.86. The van der Waals surface area contributed by atoms with Crippen LogP contribution in [0.15, 0.2) is 36.7 Å². The Labute approximate surface area is 170 Å². The van der Waals surface area contributed by atoms with Crippen molar-refractivity contribution >= 4 is 31.6 Å². The van der Waals surface area contributed by atoms with Crippen LogP contribution in [0.4, 0.5) is 0 Å². The van der Waals surface area contributed by atoms with Gasteiger partial charge < -0.3 is 0 Å². The molecule has 28 heavy (non-hydrogen) atoms. The molecule has 142 valence electrons. The number of benzene rings is 2. The van der Waals surface area contributed by atoms with Gasteiger partial charge in [-0.25, -0.2) is 4.57 Å². The number of aromatic nitrogens is 2. The minimum absolute atomic E-state index is 0.750. The molecular weight excluding hydrogens is 360 g/mol. The van der Waals surface area contributed by atoms with Gasteiger partial charge in [-0.05, 0) is 79.4 Å². The second kappa shape index (κ2) is 6.66. The number of thiophene rings is 1. The van der Waals surface area contributed by atoms with Crippen molar-refractivity contribution in [3.63, 3.8) is 0 Å². The summed E-state index contributed by atoms with van der Waals surface area (Å²) in [6.07, 6.45) is 7.42. The highest BCUT2D eigenvalue weighted by Crippen LogP contribution is 2.41. The Hall–Kier alpha value is -2.26. The van der Waals surface area contributed by atoms with E-state index >= 15 is 0 Å². The van der Waals surface area contributed by atoms with Gasteiger partial charge in [-0.1, -0.05) is 30.5 Å². The van der Waals surface area contributed by atoms with Crippen molar-refractivity contribution in [2.24, 2.45) is 7.05 Å². The smallest absolute Gasteiger partial charge is 0.231 e. The third-order valence-electron chi connectivity index (χ3n) is 6.51. The van der Waals surface area contributed by atoms with Crippen LogP contribution < -0.4 is 4.57 Å². The van der Waals surface area contributed by atoms with Gasteiger partial charge in [0.15, 0.2) is 5.69 Å². The second-order valence-electron chi connectivity index (χ2n) is 8.48. The Morgan fingerprint density at radius 3 is 2.61 bits per heavy atom. The molecule has 0 bridgehead atoms. The highest BCUT2D eigenvalue weighted by atomic mass is 32.1. The number of hydrogen-bond donors (Lipinski definition) is 0. The molecule has 1 aliphatic rings. The Morgan fingerprint density at radius 1 is 1.04 bits per heavy atom. The van der Waals surface area contributed by atoms with Crippen molar-refractivity contribution in [2.45, 2.75) is 52.4 Å². The summed E-state index contributed by atoms with van der Waals surface area (Å²) >= 11 is 1.91. The van der Waals surface area contributed by atoms with Crippen LogP contribution in [0.2, 0.25) is 0 Å². The van der Waals surface area contributed by atoms with Crippen LogP contribution in [-0.4, -0.2) is 4.98 Å². The average molecular weight is 388 g/mol. The SMILES string of the molecule is Cc1cc(C)c(C)c(-c2c3sc4cc(C5CCCC5)ccc4c3nc[n+]2C)c1. The summed E-state index contributed by atoms with van der Waals surface area (Å²) in [6.45, 7) is 6.64. The normalized spacial score (nSPS) is 15.1. The van der Waals surface area contributed by atoms with Crippen molar-refractivity contribution in [2.75, 3.05) is 0 Å². The molecule has 0 amide bonds. The first-order valence-corrected chi connectivity index (χ1v) is 11.1. The molecule has 0 atom stereocenters. The lowest BCUT2D eigenvalue weighted by Crippen LogP contribution is -2.31. The molecule has 5 rings (SSSR count). The van der Waals surface area contributed by atoms with Crippen LogP contribution in [0.1, 0.15) is 53.9 Å². The predicted molar refractivity (Wildman–Crippen MR) is 119 cm³/mol. The zero-order valence-corrected chi connectivity index (χ0v) is 18.0. The third kappa shape index (κ3) is 2.76. The van der Waals surface area contributed by atoms with Crippen LogP contribution in [0.25, 0.3) is 31.6 Å². The number of aryl methyl sites for hydroxylation is 3. The van der Waals surface area contributed by atoms with Crippen LogP contribution >= 0.6 is 11.3 Å². The summed E-state index contributed by atoms with van der Waals surface area (Å²) in [5.41, 5.74) is 9.30. The maximum Gasteiger partial charge on any atom is 0.287 e. The number of rotatable bonds is 2. The molecule has 2 aromatic heterocycles. The van der Waals surface area contributed by atoms with Gasteiger partial charge in [0.2, 0.25) is 5.52 Å². The zero-order valence-electron chi connectivity index (χ0n) is 17.2.